The Labute approximate surface area is 332 Å². The van der Waals surface area contributed by atoms with Gasteiger partial charge in [-0.3, -0.25) is 9.59 Å². The first-order valence-corrected chi connectivity index (χ1v) is 22.4. The van der Waals surface area contributed by atoms with Crippen LogP contribution in [-0.2, 0) is 28.6 Å². The molecule has 8 nitrogen and oxygen atoms in total. The predicted octanol–water partition coefficient (Wildman–Crippen LogP) is 12.1. The van der Waals surface area contributed by atoms with Crippen LogP contribution < -0.4 is 0 Å². The van der Waals surface area contributed by atoms with E-state index in [2.05, 4.69) is 38.2 Å². The standard InChI is InChI=1S/C46H85NO7/c1-6-8-10-12-14-16-17-18-19-20-21-22-23-24-25-26-27-29-31-33-35-37-45(49)54-42(40-52-39-38-43(46(50)51)47(3,4)5)41-53-44(48)36-34-32-30-28-15-13-11-9-7-2/h17-18,20-21,42-43H,6-16,19,22-41H2,1-5H3/p+1/b18-17-,21-20-. The molecule has 0 aromatic heterocycles. The summed E-state index contributed by atoms with van der Waals surface area (Å²) in [5.41, 5.74) is 0. The molecule has 0 aliphatic carbocycles. The van der Waals surface area contributed by atoms with Crippen LogP contribution in [-0.4, -0.2) is 80.6 Å². The van der Waals surface area contributed by atoms with Crippen LogP contribution in [0.5, 0.6) is 0 Å². The smallest absolute Gasteiger partial charge is 0.362 e. The number of hydrogen-bond acceptors (Lipinski definition) is 6. The highest BCUT2D eigenvalue weighted by Crippen LogP contribution is 2.15. The molecule has 0 aliphatic heterocycles. The Hall–Kier alpha value is -2.19. The lowest BCUT2D eigenvalue weighted by Crippen LogP contribution is -2.50. The van der Waals surface area contributed by atoms with Gasteiger partial charge in [0.25, 0.3) is 0 Å². The molecule has 0 saturated heterocycles. The SMILES string of the molecule is CCCCCCC/C=C\C/C=C\CCCCCCCCCCCC(=O)OC(COCCC(C(=O)O)[N+](C)(C)C)COC(=O)CCCCCCCCCCC. The quantitative estimate of drug-likeness (QED) is 0.0287. The minimum absolute atomic E-state index is 0.0490. The highest BCUT2D eigenvalue weighted by atomic mass is 16.6. The maximum Gasteiger partial charge on any atom is 0.362 e. The third kappa shape index (κ3) is 35.5. The Morgan fingerprint density at radius 3 is 1.43 bits per heavy atom. The lowest BCUT2D eigenvalue weighted by molar-refractivity contribution is -0.887. The summed E-state index contributed by atoms with van der Waals surface area (Å²) in [6.45, 7) is 4.71. The topological polar surface area (TPSA) is 99.1 Å². The maximum absolute atomic E-state index is 12.7. The number of rotatable bonds is 40. The fourth-order valence-corrected chi connectivity index (χ4v) is 6.59. The number of allylic oxidation sites excluding steroid dienone is 4. The molecule has 0 heterocycles. The second kappa shape index (κ2) is 37.7. The number of nitrogens with zero attached hydrogens (tertiary/aromatic N) is 1. The summed E-state index contributed by atoms with van der Waals surface area (Å²) in [5, 5.41) is 9.60. The predicted molar refractivity (Wildman–Crippen MR) is 225 cm³/mol. The first-order valence-electron chi connectivity index (χ1n) is 22.4. The van der Waals surface area contributed by atoms with E-state index in [1.807, 2.05) is 21.1 Å². The summed E-state index contributed by atoms with van der Waals surface area (Å²) < 4.78 is 17.2. The van der Waals surface area contributed by atoms with Crippen molar-refractivity contribution in [2.45, 2.75) is 212 Å². The Morgan fingerprint density at radius 1 is 0.556 bits per heavy atom. The van der Waals surface area contributed by atoms with Gasteiger partial charge in [0, 0.05) is 19.3 Å². The zero-order valence-corrected chi connectivity index (χ0v) is 35.9. The van der Waals surface area contributed by atoms with E-state index >= 15 is 0 Å². The number of esters is 2. The number of hydrogen-bond donors (Lipinski definition) is 1. The molecule has 0 saturated carbocycles. The minimum Gasteiger partial charge on any atom is -0.477 e. The summed E-state index contributed by atoms with van der Waals surface area (Å²) in [5.74, 6) is -1.47. The molecule has 0 aromatic carbocycles. The van der Waals surface area contributed by atoms with E-state index in [0.29, 0.717) is 19.3 Å². The van der Waals surface area contributed by atoms with Crippen LogP contribution in [0.4, 0.5) is 0 Å². The van der Waals surface area contributed by atoms with E-state index in [4.69, 9.17) is 14.2 Å². The first-order chi connectivity index (χ1) is 26.1. The van der Waals surface area contributed by atoms with Gasteiger partial charge in [0.15, 0.2) is 12.1 Å². The molecular formula is C46H86NO7+. The molecule has 0 rings (SSSR count). The number of quaternary nitrogens is 1. The molecule has 2 atom stereocenters. The van der Waals surface area contributed by atoms with E-state index in [9.17, 15) is 19.5 Å². The van der Waals surface area contributed by atoms with Crippen LogP contribution >= 0.6 is 0 Å². The number of unbranched alkanes of at least 4 members (excludes halogenated alkanes) is 22. The largest absolute Gasteiger partial charge is 0.477 e. The zero-order valence-electron chi connectivity index (χ0n) is 35.9. The average Bonchev–Trinajstić information content (AvgIpc) is 3.12. The van der Waals surface area contributed by atoms with Crippen molar-refractivity contribution < 1.29 is 38.2 Å². The van der Waals surface area contributed by atoms with Crippen LogP contribution in [0.3, 0.4) is 0 Å². The van der Waals surface area contributed by atoms with Crippen LogP contribution in [0, 0.1) is 0 Å². The fraction of sp³-hybridized carbons (Fsp3) is 0.848. The molecule has 1 N–H and O–H groups in total. The van der Waals surface area contributed by atoms with Gasteiger partial charge >= 0.3 is 17.9 Å². The summed E-state index contributed by atoms with van der Waals surface area (Å²) in [6, 6.07) is -0.611. The number of likely N-dealkylation sites (N-methyl/N-ethyl adjacent to an activating group) is 1. The Bertz CT molecular complexity index is 942. The minimum atomic E-state index is -0.875. The van der Waals surface area contributed by atoms with Gasteiger partial charge in [-0.25, -0.2) is 4.79 Å². The summed E-state index contributed by atoms with van der Waals surface area (Å²) in [7, 11) is 5.53. The summed E-state index contributed by atoms with van der Waals surface area (Å²) in [6.07, 6.45) is 40.8. The number of ether oxygens (including phenoxy) is 3. The lowest BCUT2D eigenvalue weighted by atomic mass is 10.1. The van der Waals surface area contributed by atoms with Gasteiger partial charge in [-0.05, 0) is 44.9 Å². The fourth-order valence-electron chi connectivity index (χ4n) is 6.59. The monoisotopic (exact) mass is 765 g/mol. The maximum atomic E-state index is 12.7. The second-order valence-electron chi connectivity index (χ2n) is 16.3. The normalized spacial score (nSPS) is 13.1. The van der Waals surface area contributed by atoms with Gasteiger partial charge in [-0.2, -0.15) is 0 Å². The average molecular weight is 765 g/mol. The van der Waals surface area contributed by atoms with Crippen molar-refractivity contribution in [1.82, 2.24) is 0 Å². The Balaban J connectivity index is 4.24. The summed E-state index contributed by atoms with van der Waals surface area (Å²) in [4.78, 5) is 36.9. The van der Waals surface area contributed by atoms with Gasteiger partial charge in [-0.15, -0.1) is 0 Å². The molecule has 0 aromatic rings. The Morgan fingerprint density at radius 2 is 0.981 bits per heavy atom. The first kappa shape index (κ1) is 51.8. The number of carbonyl (C=O) groups excluding carboxylic acids is 2. The second-order valence-corrected chi connectivity index (χ2v) is 16.3. The molecule has 54 heavy (non-hydrogen) atoms. The third-order valence-electron chi connectivity index (χ3n) is 10.1. The van der Waals surface area contributed by atoms with Gasteiger partial charge in [-0.1, -0.05) is 160 Å². The van der Waals surface area contributed by atoms with Crippen molar-refractivity contribution in [2.24, 2.45) is 0 Å². The van der Waals surface area contributed by atoms with Crippen molar-refractivity contribution in [3.8, 4) is 0 Å². The zero-order chi connectivity index (χ0) is 40.0. The van der Waals surface area contributed by atoms with Gasteiger partial charge < -0.3 is 23.8 Å². The molecule has 0 spiro atoms. The van der Waals surface area contributed by atoms with Crippen LogP contribution in [0.25, 0.3) is 0 Å². The molecule has 0 fully saturated rings. The van der Waals surface area contributed by atoms with Crippen LogP contribution in [0.1, 0.15) is 200 Å². The molecule has 0 aliphatic rings. The van der Waals surface area contributed by atoms with E-state index in [1.165, 1.54) is 122 Å². The molecular weight excluding hydrogens is 679 g/mol. The number of carboxylic acids is 1. The van der Waals surface area contributed by atoms with Crippen molar-refractivity contribution in [3.63, 3.8) is 0 Å². The van der Waals surface area contributed by atoms with E-state index in [-0.39, 0.29) is 36.2 Å². The molecule has 0 amide bonds. The van der Waals surface area contributed by atoms with Crippen molar-refractivity contribution >= 4 is 17.9 Å². The van der Waals surface area contributed by atoms with E-state index in [0.717, 1.165) is 44.9 Å². The van der Waals surface area contributed by atoms with E-state index in [1.54, 1.807) is 0 Å². The molecule has 0 bridgehead atoms. The van der Waals surface area contributed by atoms with Crippen LogP contribution in [0.15, 0.2) is 24.3 Å². The molecule has 0 radical (unpaired) electrons. The van der Waals surface area contributed by atoms with Gasteiger partial charge in [0.1, 0.15) is 6.61 Å². The highest BCUT2D eigenvalue weighted by molar-refractivity contribution is 5.72. The molecule has 2 unspecified atom stereocenters. The number of carbonyl (C=O) groups is 3. The van der Waals surface area contributed by atoms with Gasteiger partial charge in [0.2, 0.25) is 0 Å². The van der Waals surface area contributed by atoms with Gasteiger partial charge in [0.05, 0.1) is 34.4 Å². The highest BCUT2D eigenvalue weighted by Gasteiger charge is 2.31. The third-order valence-corrected chi connectivity index (χ3v) is 10.1. The van der Waals surface area contributed by atoms with Crippen molar-refractivity contribution in [1.29, 1.82) is 0 Å². The Kier molecular flexibility index (Phi) is 36.2. The van der Waals surface area contributed by atoms with E-state index < -0.39 is 18.1 Å². The lowest BCUT2D eigenvalue weighted by Gasteiger charge is -2.31. The summed E-state index contributed by atoms with van der Waals surface area (Å²) >= 11 is 0. The number of carboxylic acid groups (broad SMARTS) is 1. The van der Waals surface area contributed by atoms with Crippen LogP contribution in [0.2, 0.25) is 0 Å². The number of aliphatic carboxylic acids is 1. The molecule has 8 heteroatoms. The van der Waals surface area contributed by atoms with Crippen molar-refractivity contribution in [2.75, 3.05) is 41.0 Å². The van der Waals surface area contributed by atoms with Crippen molar-refractivity contribution in [3.05, 3.63) is 24.3 Å². The molecule has 316 valence electrons.